The Morgan fingerprint density at radius 2 is 0.806 bits per heavy atom. The molecule has 0 spiro atoms. The molecule has 0 unspecified atom stereocenters. The van der Waals surface area contributed by atoms with Gasteiger partial charge < -0.3 is 41.8 Å². The number of benzene rings is 5. The summed E-state index contributed by atoms with van der Waals surface area (Å²) in [6.45, 7) is 9.45. The maximum absolute atomic E-state index is 12.9. The van der Waals surface area contributed by atoms with Crippen molar-refractivity contribution in [1.29, 1.82) is 0 Å². The van der Waals surface area contributed by atoms with Crippen LogP contribution in [0.1, 0.15) is 79.2 Å². The van der Waals surface area contributed by atoms with Gasteiger partial charge in [-0.25, -0.2) is 26.0 Å². The van der Waals surface area contributed by atoms with E-state index in [9.17, 15) is 45.1 Å². The summed E-state index contributed by atoms with van der Waals surface area (Å²) in [6.07, 6.45) is 9.50. The number of nitrogens with zero attached hydrogens (tertiary/aromatic N) is 2. The molecule has 0 radical (unpaired) electrons. The SMILES string of the molecule is CCC[n+]1cccc(NC(=O)c2ccc(NC(=O)c3ccc(C(=O)Nc4ccc(C(=O)Nc5ccc[n+](CCC)c5)c(N)c4)cc3)cc2N)c1.Cc1ccc(S(=O)(=O)[O-])cc1.Cc1ccc(S(=O)(=O)[O-])cc1. The Kier molecular flexibility index (Phi) is 19.0. The van der Waals surface area contributed by atoms with Gasteiger partial charge in [0, 0.05) is 58.9 Å². The Hall–Kier alpha value is -8.30. The lowest BCUT2D eigenvalue weighted by molar-refractivity contribution is -0.696. The zero-order chi connectivity index (χ0) is 52.6. The predicted octanol–water partition coefficient (Wildman–Crippen LogP) is 7.05. The first-order valence-electron chi connectivity index (χ1n) is 22.3. The molecule has 5 aromatic carbocycles. The number of carbonyl (C=O) groups excluding carboxylic acids is 4. The van der Waals surface area contributed by atoms with Crippen LogP contribution in [0.4, 0.5) is 34.1 Å². The molecule has 7 aromatic rings. The number of nitrogen functional groups attached to an aromatic ring is 2. The molecule has 72 heavy (non-hydrogen) atoms. The van der Waals surface area contributed by atoms with Crippen LogP contribution in [0.3, 0.4) is 0 Å². The molecule has 374 valence electrons. The van der Waals surface area contributed by atoms with Crippen LogP contribution in [0.5, 0.6) is 0 Å². The van der Waals surface area contributed by atoms with Crippen LogP contribution in [-0.4, -0.2) is 49.6 Å². The quantitative estimate of drug-likeness (QED) is 0.0363. The molecule has 20 heteroatoms. The third kappa shape index (κ3) is 16.4. The number of amides is 4. The first kappa shape index (κ1) is 54.6. The first-order chi connectivity index (χ1) is 34.1. The van der Waals surface area contributed by atoms with E-state index in [-0.39, 0.29) is 44.1 Å². The Bertz CT molecular complexity index is 3060. The Morgan fingerprint density at radius 1 is 0.472 bits per heavy atom. The maximum atomic E-state index is 12.9. The summed E-state index contributed by atoms with van der Waals surface area (Å²) in [6, 6.07) is 34.3. The van der Waals surface area contributed by atoms with Gasteiger partial charge in [-0.1, -0.05) is 49.2 Å². The van der Waals surface area contributed by atoms with Crippen LogP contribution in [0.25, 0.3) is 0 Å². The van der Waals surface area contributed by atoms with Crippen LogP contribution >= 0.6 is 0 Å². The van der Waals surface area contributed by atoms with E-state index in [0.29, 0.717) is 33.9 Å². The molecule has 0 fully saturated rings. The van der Waals surface area contributed by atoms with Crippen molar-refractivity contribution < 1.29 is 54.3 Å². The minimum Gasteiger partial charge on any atom is -0.744 e. The molecule has 2 aromatic heterocycles. The molecule has 0 aliphatic heterocycles. The fraction of sp³-hybridized carbons (Fsp3) is 0.154. The summed E-state index contributed by atoms with van der Waals surface area (Å²) in [5, 5.41) is 11.2. The van der Waals surface area contributed by atoms with Crippen molar-refractivity contribution in [3.63, 3.8) is 0 Å². The van der Waals surface area contributed by atoms with E-state index < -0.39 is 32.1 Å². The summed E-state index contributed by atoms with van der Waals surface area (Å²) in [5.41, 5.74) is 17.9. The number of nitrogens with one attached hydrogen (secondary N) is 4. The monoisotopic (exact) mass is 1010 g/mol. The molecule has 4 amide bonds. The molecular weight excluding hydrogens is 961 g/mol. The summed E-state index contributed by atoms with van der Waals surface area (Å²) in [4.78, 5) is 51.3. The molecule has 8 N–H and O–H groups in total. The number of aromatic nitrogens is 2. The van der Waals surface area contributed by atoms with Crippen molar-refractivity contribution in [3.8, 4) is 0 Å². The normalized spacial score (nSPS) is 10.9. The van der Waals surface area contributed by atoms with Crippen molar-refractivity contribution in [2.24, 2.45) is 0 Å². The molecule has 0 bridgehead atoms. The number of aryl methyl sites for hydroxylation is 4. The molecule has 7 rings (SSSR count). The van der Waals surface area contributed by atoms with Gasteiger partial charge >= 0.3 is 0 Å². The number of anilines is 6. The highest BCUT2D eigenvalue weighted by atomic mass is 32.2. The van der Waals surface area contributed by atoms with Crippen LogP contribution in [0.2, 0.25) is 0 Å². The second-order valence-corrected chi connectivity index (χ2v) is 19.0. The van der Waals surface area contributed by atoms with Crippen molar-refractivity contribution in [2.75, 3.05) is 32.7 Å². The molecule has 2 heterocycles. The summed E-state index contributed by atoms with van der Waals surface area (Å²) < 4.78 is 66.3. The van der Waals surface area contributed by atoms with E-state index in [1.165, 1.54) is 60.7 Å². The number of hydrogen-bond acceptors (Lipinski definition) is 12. The Balaban J connectivity index is 0.000000357. The standard InChI is InChI=1S/C38H38N8O4.2C7H8O3S/c1-3-17-45-19-5-7-29(23-45)43-37(49)31-15-13-27(21-33(31)39)41-35(47)25-9-11-26(12-10-25)36(48)42-28-14-16-32(34(40)22-28)38(50)44-30-8-6-20-46(24-30)18-4-2;2*1-6-2-4-7(5-3-6)11(8,9)10/h5-16,19-24H,3-4,17-18H2,1-2H3,(H6-2,39,40,41,42,43,44,47,48,49,50);2*2-5H,1H3,(H,8,9,10). The van der Waals surface area contributed by atoms with Gasteiger partial charge in [0.2, 0.25) is 0 Å². The summed E-state index contributed by atoms with van der Waals surface area (Å²) in [5.74, 6) is -1.57. The molecule has 0 atom stereocenters. The molecule has 18 nitrogen and oxygen atoms in total. The lowest BCUT2D eigenvalue weighted by atomic mass is 10.1. The minimum absolute atomic E-state index is 0.178. The van der Waals surface area contributed by atoms with Gasteiger partial charge in [0.25, 0.3) is 23.6 Å². The highest BCUT2D eigenvalue weighted by Gasteiger charge is 2.17. The lowest BCUT2D eigenvalue weighted by Crippen LogP contribution is -2.33. The van der Waals surface area contributed by atoms with Crippen molar-refractivity contribution in [2.45, 2.75) is 63.4 Å². The van der Waals surface area contributed by atoms with E-state index >= 15 is 0 Å². The molecule has 0 aliphatic carbocycles. The van der Waals surface area contributed by atoms with Crippen molar-refractivity contribution in [3.05, 3.63) is 192 Å². The van der Waals surface area contributed by atoms with Gasteiger partial charge in [-0.2, -0.15) is 0 Å². The minimum atomic E-state index is -4.27. The summed E-state index contributed by atoms with van der Waals surface area (Å²) in [7, 11) is -8.54. The largest absolute Gasteiger partial charge is 0.744 e. The number of pyridine rings is 2. The van der Waals surface area contributed by atoms with E-state index in [4.69, 9.17) is 11.5 Å². The zero-order valence-corrected chi connectivity index (χ0v) is 41.4. The van der Waals surface area contributed by atoms with Gasteiger partial charge in [0.1, 0.15) is 44.7 Å². The van der Waals surface area contributed by atoms with Crippen LogP contribution in [-0.2, 0) is 33.3 Å². The first-order valence-corrected chi connectivity index (χ1v) is 25.1. The zero-order valence-electron chi connectivity index (χ0n) is 39.8. The van der Waals surface area contributed by atoms with E-state index in [1.807, 2.05) is 59.9 Å². The van der Waals surface area contributed by atoms with Gasteiger partial charge in [0.15, 0.2) is 24.8 Å². The van der Waals surface area contributed by atoms with Crippen molar-refractivity contribution >= 4 is 78.0 Å². The number of hydrogen-bond donors (Lipinski definition) is 6. The smallest absolute Gasteiger partial charge is 0.257 e. The fourth-order valence-corrected chi connectivity index (χ4v) is 7.61. The molecule has 0 aliphatic rings. The third-order valence-electron chi connectivity index (χ3n) is 10.3. The van der Waals surface area contributed by atoms with E-state index in [0.717, 1.165) is 37.1 Å². The number of rotatable bonds is 14. The van der Waals surface area contributed by atoms with E-state index in [2.05, 4.69) is 35.1 Å². The maximum Gasteiger partial charge on any atom is 0.257 e. The van der Waals surface area contributed by atoms with Gasteiger partial charge in [-0.15, -0.1) is 0 Å². The molecular formula is C52H54N8O10S2. The highest BCUT2D eigenvalue weighted by molar-refractivity contribution is 7.86. The van der Waals surface area contributed by atoms with Gasteiger partial charge in [0.05, 0.1) is 20.9 Å². The second-order valence-electron chi connectivity index (χ2n) is 16.2. The topological polar surface area (TPSA) is 291 Å². The summed E-state index contributed by atoms with van der Waals surface area (Å²) >= 11 is 0. The van der Waals surface area contributed by atoms with E-state index in [1.54, 1.807) is 60.7 Å². The highest BCUT2D eigenvalue weighted by Crippen LogP contribution is 2.23. The van der Waals surface area contributed by atoms with Crippen molar-refractivity contribution in [1.82, 2.24) is 0 Å². The average molecular weight is 1020 g/mol. The molecule has 0 saturated heterocycles. The predicted molar refractivity (Wildman–Crippen MR) is 272 cm³/mol. The Labute approximate surface area is 418 Å². The van der Waals surface area contributed by atoms with Crippen LogP contribution in [0.15, 0.2) is 168 Å². The average Bonchev–Trinajstić information content (AvgIpc) is 3.32. The third-order valence-corrected chi connectivity index (χ3v) is 12.0. The molecule has 0 saturated carbocycles. The number of nitrogens with two attached hydrogens (primary N) is 2. The second kappa shape index (κ2) is 25.0. The lowest BCUT2D eigenvalue weighted by Gasteiger charge is -2.11. The number of carbonyl (C=O) groups is 4. The fourth-order valence-electron chi connectivity index (χ4n) is 6.67. The van der Waals surface area contributed by atoms with Crippen LogP contribution < -0.4 is 41.9 Å². The Morgan fingerprint density at radius 3 is 1.11 bits per heavy atom. The van der Waals surface area contributed by atoms with Gasteiger partial charge in [-0.3, -0.25) is 19.2 Å². The van der Waals surface area contributed by atoms with Crippen LogP contribution in [0, 0.1) is 13.8 Å². The van der Waals surface area contributed by atoms with Gasteiger partial charge in [-0.05, 0) is 111 Å².